The van der Waals surface area contributed by atoms with Crippen molar-refractivity contribution < 1.29 is 15.0 Å². The normalized spacial score (nSPS) is 14.7. The highest BCUT2D eigenvalue weighted by Gasteiger charge is 2.37. The number of aromatic nitrogens is 1. The second kappa shape index (κ2) is 8.24. The molecule has 0 aliphatic heterocycles. The molecule has 6 heteroatoms. The van der Waals surface area contributed by atoms with Gasteiger partial charge in [-0.05, 0) is 48.2 Å². The number of halogens is 1. The molecule has 128 valence electrons. The first-order valence-electron chi connectivity index (χ1n) is 7.78. The fourth-order valence-corrected chi connectivity index (χ4v) is 2.70. The van der Waals surface area contributed by atoms with E-state index in [0.717, 1.165) is 5.56 Å². The SMILES string of the molecule is CC[C@@](O)(C(=O)N[C@H](CO)Cc1ccncc1)c1cccc(Cl)c1. The zero-order chi connectivity index (χ0) is 17.6. The third-order valence-corrected chi connectivity index (χ3v) is 4.21. The second-order valence-electron chi connectivity index (χ2n) is 5.64. The number of aliphatic hydroxyl groups is 2. The van der Waals surface area contributed by atoms with E-state index in [4.69, 9.17) is 11.6 Å². The molecular weight excluding hydrogens is 328 g/mol. The first-order valence-corrected chi connectivity index (χ1v) is 8.16. The van der Waals surface area contributed by atoms with Gasteiger partial charge in [0.25, 0.3) is 5.91 Å². The molecule has 2 rings (SSSR count). The molecule has 0 unspecified atom stereocenters. The van der Waals surface area contributed by atoms with E-state index in [1.54, 1.807) is 43.6 Å². The van der Waals surface area contributed by atoms with Gasteiger partial charge in [-0.25, -0.2) is 0 Å². The van der Waals surface area contributed by atoms with Gasteiger partial charge in [0.05, 0.1) is 12.6 Å². The van der Waals surface area contributed by atoms with Crippen molar-refractivity contribution in [2.75, 3.05) is 6.61 Å². The van der Waals surface area contributed by atoms with Crippen molar-refractivity contribution in [3.05, 3.63) is 64.9 Å². The van der Waals surface area contributed by atoms with Gasteiger partial charge in [-0.3, -0.25) is 9.78 Å². The van der Waals surface area contributed by atoms with Crippen molar-refractivity contribution in [2.45, 2.75) is 31.4 Å². The van der Waals surface area contributed by atoms with Gasteiger partial charge in [-0.1, -0.05) is 30.7 Å². The first-order chi connectivity index (χ1) is 11.5. The van der Waals surface area contributed by atoms with Crippen molar-refractivity contribution in [1.29, 1.82) is 0 Å². The minimum absolute atomic E-state index is 0.187. The van der Waals surface area contributed by atoms with Gasteiger partial charge in [0.2, 0.25) is 0 Å². The van der Waals surface area contributed by atoms with Crippen molar-refractivity contribution in [3.63, 3.8) is 0 Å². The predicted molar refractivity (Wildman–Crippen MR) is 92.6 cm³/mol. The van der Waals surface area contributed by atoms with E-state index in [9.17, 15) is 15.0 Å². The molecule has 0 spiro atoms. The Morgan fingerprint density at radius 1 is 1.33 bits per heavy atom. The summed E-state index contributed by atoms with van der Waals surface area (Å²) in [5.41, 5.74) is -0.334. The standard InChI is InChI=1S/C18H21ClN2O3/c1-2-18(24,14-4-3-5-15(19)11-14)17(23)21-16(12-22)10-13-6-8-20-9-7-13/h3-9,11,16,22,24H,2,10,12H2,1H3,(H,21,23)/t16-,18-/m0/s1. The van der Waals surface area contributed by atoms with Crippen LogP contribution in [0.15, 0.2) is 48.8 Å². The van der Waals surface area contributed by atoms with Crippen molar-refractivity contribution in [2.24, 2.45) is 0 Å². The van der Waals surface area contributed by atoms with E-state index in [1.165, 1.54) is 0 Å². The molecule has 1 heterocycles. The summed E-state index contributed by atoms with van der Waals surface area (Å²) in [7, 11) is 0. The second-order valence-corrected chi connectivity index (χ2v) is 6.07. The molecule has 0 bridgehead atoms. The van der Waals surface area contributed by atoms with Crippen LogP contribution >= 0.6 is 11.6 Å². The highest BCUT2D eigenvalue weighted by molar-refractivity contribution is 6.30. The lowest BCUT2D eigenvalue weighted by molar-refractivity contribution is -0.142. The van der Waals surface area contributed by atoms with Crippen LogP contribution < -0.4 is 5.32 Å². The number of rotatable bonds is 7. The minimum Gasteiger partial charge on any atom is -0.394 e. The molecule has 1 aromatic heterocycles. The monoisotopic (exact) mass is 348 g/mol. The Labute approximate surface area is 146 Å². The van der Waals surface area contributed by atoms with Crippen LogP contribution in [0.2, 0.25) is 5.02 Å². The number of hydrogen-bond acceptors (Lipinski definition) is 4. The number of benzene rings is 1. The molecule has 0 aliphatic rings. The van der Waals surface area contributed by atoms with Crippen LogP contribution in [0, 0.1) is 0 Å². The maximum Gasteiger partial charge on any atom is 0.256 e. The molecule has 3 N–H and O–H groups in total. The van der Waals surface area contributed by atoms with Crippen LogP contribution in [-0.2, 0) is 16.8 Å². The van der Waals surface area contributed by atoms with Crippen molar-refractivity contribution in [3.8, 4) is 0 Å². The third-order valence-electron chi connectivity index (χ3n) is 3.98. The van der Waals surface area contributed by atoms with E-state index in [-0.39, 0.29) is 13.0 Å². The molecule has 5 nitrogen and oxygen atoms in total. The Hall–Kier alpha value is -1.95. The van der Waals surface area contributed by atoms with Gasteiger partial charge in [0, 0.05) is 17.4 Å². The summed E-state index contributed by atoms with van der Waals surface area (Å²) in [5, 5.41) is 23.6. The zero-order valence-electron chi connectivity index (χ0n) is 13.4. The zero-order valence-corrected chi connectivity index (χ0v) is 14.2. The average Bonchev–Trinajstić information content (AvgIpc) is 2.61. The van der Waals surface area contributed by atoms with E-state index < -0.39 is 17.6 Å². The van der Waals surface area contributed by atoms with Crippen LogP contribution in [0.1, 0.15) is 24.5 Å². The molecule has 0 saturated carbocycles. The number of carbonyl (C=O) groups excluding carboxylic acids is 1. The van der Waals surface area contributed by atoms with Gasteiger partial charge in [-0.2, -0.15) is 0 Å². The Kier molecular flexibility index (Phi) is 6.31. The Balaban J connectivity index is 2.15. The van der Waals surface area contributed by atoms with Crippen molar-refractivity contribution >= 4 is 17.5 Å². The minimum atomic E-state index is -1.70. The third kappa shape index (κ3) is 4.32. The lowest BCUT2D eigenvalue weighted by Crippen LogP contribution is -2.49. The number of hydrogen-bond donors (Lipinski definition) is 3. The van der Waals surface area contributed by atoms with E-state index >= 15 is 0 Å². The molecule has 0 aliphatic carbocycles. The fourth-order valence-electron chi connectivity index (χ4n) is 2.51. The smallest absolute Gasteiger partial charge is 0.256 e. The number of nitrogens with one attached hydrogen (secondary N) is 1. The lowest BCUT2D eigenvalue weighted by atomic mass is 9.89. The van der Waals surface area contributed by atoms with Crippen molar-refractivity contribution in [1.82, 2.24) is 10.3 Å². The van der Waals surface area contributed by atoms with Gasteiger partial charge >= 0.3 is 0 Å². The lowest BCUT2D eigenvalue weighted by Gasteiger charge is -2.28. The average molecular weight is 349 g/mol. The highest BCUT2D eigenvalue weighted by Crippen LogP contribution is 2.27. The Morgan fingerprint density at radius 2 is 2.04 bits per heavy atom. The summed E-state index contributed by atoms with van der Waals surface area (Å²) < 4.78 is 0. The number of aliphatic hydroxyl groups excluding tert-OH is 1. The molecule has 0 radical (unpaired) electrons. The van der Waals surface area contributed by atoms with Gasteiger partial charge in [0.1, 0.15) is 0 Å². The van der Waals surface area contributed by atoms with Gasteiger partial charge in [-0.15, -0.1) is 0 Å². The summed E-state index contributed by atoms with van der Waals surface area (Å²) in [6.45, 7) is 1.49. The summed E-state index contributed by atoms with van der Waals surface area (Å²) in [6, 6.07) is 9.73. The Morgan fingerprint density at radius 3 is 2.62 bits per heavy atom. The molecule has 0 fully saturated rings. The molecule has 2 aromatic rings. The maximum absolute atomic E-state index is 12.6. The molecular formula is C18H21ClN2O3. The van der Waals surface area contributed by atoms with Crippen LogP contribution in [-0.4, -0.2) is 33.8 Å². The molecule has 0 saturated heterocycles. The van der Waals surface area contributed by atoms with Crippen LogP contribution in [0.5, 0.6) is 0 Å². The largest absolute Gasteiger partial charge is 0.394 e. The highest BCUT2D eigenvalue weighted by atomic mass is 35.5. The fraction of sp³-hybridized carbons (Fsp3) is 0.333. The predicted octanol–water partition coefficient (Wildman–Crippen LogP) is 2.05. The first kappa shape index (κ1) is 18.4. The number of carbonyl (C=O) groups is 1. The van der Waals surface area contributed by atoms with E-state index in [2.05, 4.69) is 10.3 Å². The van der Waals surface area contributed by atoms with Gasteiger partial charge in [0.15, 0.2) is 5.60 Å². The number of nitrogens with zero attached hydrogens (tertiary/aromatic N) is 1. The number of pyridine rings is 1. The molecule has 1 aromatic carbocycles. The van der Waals surface area contributed by atoms with Crippen LogP contribution in [0.3, 0.4) is 0 Å². The van der Waals surface area contributed by atoms with Gasteiger partial charge < -0.3 is 15.5 Å². The Bertz CT molecular complexity index is 681. The summed E-state index contributed by atoms with van der Waals surface area (Å²) in [6.07, 6.45) is 3.94. The quantitative estimate of drug-likeness (QED) is 0.715. The molecule has 2 atom stereocenters. The summed E-state index contributed by atoms with van der Waals surface area (Å²) >= 11 is 5.96. The van der Waals surface area contributed by atoms with Crippen LogP contribution in [0.4, 0.5) is 0 Å². The van der Waals surface area contributed by atoms with Crippen LogP contribution in [0.25, 0.3) is 0 Å². The van der Waals surface area contributed by atoms with E-state index in [0.29, 0.717) is 17.0 Å². The summed E-state index contributed by atoms with van der Waals surface area (Å²) in [4.78, 5) is 16.6. The molecule has 1 amide bonds. The summed E-state index contributed by atoms with van der Waals surface area (Å²) in [5.74, 6) is -0.555. The number of amides is 1. The topological polar surface area (TPSA) is 82.5 Å². The van der Waals surface area contributed by atoms with E-state index in [1.807, 2.05) is 12.1 Å². The molecule has 24 heavy (non-hydrogen) atoms. The maximum atomic E-state index is 12.6.